The van der Waals surface area contributed by atoms with Crippen molar-refractivity contribution >= 4 is 20.7 Å². The molecule has 0 unspecified atom stereocenters. The molecule has 0 saturated carbocycles. The van der Waals surface area contributed by atoms with E-state index < -0.39 is 32.2 Å². The molecule has 1 heterocycles. The fourth-order valence-electron chi connectivity index (χ4n) is 3.33. The summed E-state index contributed by atoms with van der Waals surface area (Å²) in [7, 11) is -2.87. The zero-order chi connectivity index (χ0) is 22.2. The van der Waals surface area contributed by atoms with Crippen molar-refractivity contribution in [2.75, 3.05) is 7.11 Å². The smallest absolute Gasteiger partial charge is 0.208 e. The van der Waals surface area contributed by atoms with Crippen LogP contribution < -0.4 is 4.74 Å². The van der Waals surface area contributed by atoms with Gasteiger partial charge in [0.05, 0.1) is 22.4 Å². The first-order valence-electron chi connectivity index (χ1n) is 9.21. The molecule has 0 aliphatic heterocycles. The van der Waals surface area contributed by atoms with E-state index in [4.69, 9.17) is 4.74 Å². The Labute approximate surface area is 176 Å². The Bertz CT molecular complexity index is 1380. The first kappa shape index (κ1) is 20.9. The summed E-state index contributed by atoms with van der Waals surface area (Å²) in [5, 5.41) is 0.377. The topological polar surface area (TPSA) is 56.3 Å². The van der Waals surface area contributed by atoms with Crippen LogP contribution in [0, 0.1) is 5.82 Å². The number of hydrogen-bond acceptors (Lipinski definition) is 4. The second-order valence-corrected chi connectivity index (χ2v) is 8.74. The summed E-state index contributed by atoms with van der Waals surface area (Å²) < 4.78 is 73.7. The fraction of sp³-hybridized carbons (Fsp3) is 0.0870. The zero-order valence-electron chi connectivity index (χ0n) is 16.3. The Kier molecular flexibility index (Phi) is 5.41. The Hall–Kier alpha value is -3.39. The maximum absolute atomic E-state index is 14.0. The summed E-state index contributed by atoms with van der Waals surface area (Å²) >= 11 is 0. The summed E-state index contributed by atoms with van der Waals surface area (Å²) in [6, 6.07) is 10.4. The van der Waals surface area contributed by atoms with Gasteiger partial charge in [0.15, 0.2) is 0 Å². The standard InChI is InChI=1S/C23H16F3NO3S/c1-30-18-7-2-14(3-8-18)23-20-9-6-17(26)12-21(20)27-13-22(23)31(28,29)19-10-15(24)4-5-16(25)11-19/h2-4,6-13H,5H2,1H3. The lowest BCUT2D eigenvalue weighted by Crippen LogP contribution is -2.07. The number of sulfone groups is 1. The molecule has 0 N–H and O–H groups in total. The Balaban J connectivity index is 2.03. The number of allylic oxidation sites excluding steroid dienone is 5. The van der Waals surface area contributed by atoms with E-state index in [0.29, 0.717) is 16.7 Å². The maximum atomic E-state index is 14.0. The molecule has 4 nitrogen and oxygen atoms in total. The minimum atomic E-state index is -4.37. The maximum Gasteiger partial charge on any atom is 0.208 e. The predicted molar refractivity (Wildman–Crippen MR) is 112 cm³/mol. The molecule has 2 aromatic carbocycles. The Morgan fingerprint density at radius 2 is 1.74 bits per heavy atom. The minimum Gasteiger partial charge on any atom is -0.497 e. The number of benzene rings is 2. The van der Waals surface area contributed by atoms with E-state index >= 15 is 0 Å². The fourth-order valence-corrected chi connectivity index (χ4v) is 4.83. The van der Waals surface area contributed by atoms with Gasteiger partial charge in [0, 0.05) is 29.6 Å². The van der Waals surface area contributed by atoms with Gasteiger partial charge in [0.1, 0.15) is 23.2 Å². The molecule has 4 rings (SSSR count). The molecule has 8 heteroatoms. The predicted octanol–water partition coefficient (Wildman–Crippen LogP) is 5.82. The van der Waals surface area contributed by atoms with Gasteiger partial charge in [-0.25, -0.2) is 21.6 Å². The van der Waals surface area contributed by atoms with Crippen molar-refractivity contribution in [3.05, 3.63) is 89.3 Å². The molecule has 31 heavy (non-hydrogen) atoms. The molecule has 3 aromatic rings. The van der Waals surface area contributed by atoms with E-state index in [1.54, 1.807) is 24.3 Å². The van der Waals surface area contributed by atoms with E-state index in [0.717, 1.165) is 24.4 Å². The van der Waals surface area contributed by atoms with Crippen LogP contribution in [-0.4, -0.2) is 20.5 Å². The van der Waals surface area contributed by atoms with Gasteiger partial charge >= 0.3 is 0 Å². The number of nitrogens with zero attached hydrogens (tertiary/aromatic N) is 1. The summed E-state index contributed by atoms with van der Waals surface area (Å²) in [6.45, 7) is 0. The van der Waals surface area contributed by atoms with Gasteiger partial charge in [-0.1, -0.05) is 12.1 Å². The van der Waals surface area contributed by atoms with E-state index in [1.165, 1.54) is 25.3 Å². The van der Waals surface area contributed by atoms with E-state index in [9.17, 15) is 21.6 Å². The molecule has 1 aliphatic carbocycles. The highest BCUT2D eigenvalue weighted by Gasteiger charge is 2.27. The Morgan fingerprint density at radius 1 is 1.00 bits per heavy atom. The van der Waals surface area contributed by atoms with Gasteiger partial charge in [0.2, 0.25) is 9.84 Å². The lowest BCUT2D eigenvalue weighted by molar-refractivity contribution is 0.415. The van der Waals surface area contributed by atoms with Crippen molar-refractivity contribution in [2.24, 2.45) is 0 Å². The molecule has 1 aromatic heterocycles. The van der Waals surface area contributed by atoms with Crippen LogP contribution in [0.4, 0.5) is 13.2 Å². The monoisotopic (exact) mass is 443 g/mol. The van der Waals surface area contributed by atoms with Crippen molar-refractivity contribution in [3.8, 4) is 16.9 Å². The number of aromatic nitrogens is 1. The summed E-state index contributed by atoms with van der Waals surface area (Å²) in [5.74, 6) is -1.62. The number of fused-ring (bicyclic) bond motifs is 1. The number of halogens is 3. The molecule has 0 atom stereocenters. The van der Waals surface area contributed by atoms with Crippen LogP contribution >= 0.6 is 0 Å². The number of hydrogen-bond donors (Lipinski definition) is 0. The number of ether oxygens (including phenoxy) is 1. The van der Waals surface area contributed by atoms with Gasteiger partial charge in [0.25, 0.3) is 0 Å². The van der Waals surface area contributed by atoms with E-state index in [-0.39, 0.29) is 22.4 Å². The average molecular weight is 443 g/mol. The second kappa shape index (κ2) is 8.03. The van der Waals surface area contributed by atoms with Crippen LogP contribution in [0.25, 0.3) is 22.0 Å². The van der Waals surface area contributed by atoms with Gasteiger partial charge in [-0.2, -0.15) is 0 Å². The van der Waals surface area contributed by atoms with Gasteiger partial charge in [-0.15, -0.1) is 0 Å². The highest BCUT2D eigenvalue weighted by atomic mass is 32.2. The molecular weight excluding hydrogens is 427 g/mol. The zero-order valence-corrected chi connectivity index (χ0v) is 17.1. The van der Waals surface area contributed by atoms with Crippen molar-refractivity contribution in [1.29, 1.82) is 0 Å². The highest BCUT2D eigenvalue weighted by molar-refractivity contribution is 7.95. The number of rotatable bonds is 4. The normalized spacial score (nSPS) is 14.5. The molecule has 0 amide bonds. The van der Waals surface area contributed by atoms with Crippen molar-refractivity contribution in [2.45, 2.75) is 11.3 Å². The van der Waals surface area contributed by atoms with Crippen LogP contribution in [0.1, 0.15) is 6.42 Å². The summed E-state index contributed by atoms with van der Waals surface area (Å²) in [5.41, 5.74) is 0.983. The first-order chi connectivity index (χ1) is 14.8. The van der Waals surface area contributed by atoms with Crippen LogP contribution in [-0.2, 0) is 9.84 Å². The third-order valence-corrected chi connectivity index (χ3v) is 6.59. The van der Waals surface area contributed by atoms with Gasteiger partial charge in [-0.3, -0.25) is 4.98 Å². The summed E-state index contributed by atoms with van der Waals surface area (Å²) in [6.07, 6.45) is 3.26. The molecule has 0 fully saturated rings. The largest absolute Gasteiger partial charge is 0.497 e. The molecule has 1 aliphatic rings. The summed E-state index contributed by atoms with van der Waals surface area (Å²) in [4.78, 5) is 3.31. The Morgan fingerprint density at radius 3 is 2.45 bits per heavy atom. The van der Waals surface area contributed by atoms with Crippen LogP contribution in [0.2, 0.25) is 0 Å². The minimum absolute atomic E-state index is 0.243. The van der Waals surface area contributed by atoms with Crippen LogP contribution in [0.3, 0.4) is 0 Å². The van der Waals surface area contributed by atoms with Crippen LogP contribution in [0.15, 0.2) is 88.3 Å². The lowest BCUT2D eigenvalue weighted by Gasteiger charge is -2.14. The van der Waals surface area contributed by atoms with E-state index in [2.05, 4.69) is 4.98 Å². The molecule has 0 saturated heterocycles. The van der Waals surface area contributed by atoms with Crippen molar-refractivity contribution in [3.63, 3.8) is 0 Å². The first-order valence-corrected chi connectivity index (χ1v) is 10.7. The lowest BCUT2D eigenvalue weighted by atomic mass is 10.0. The highest BCUT2D eigenvalue weighted by Crippen LogP contribution is 2.38. The number of methoxy groups -OCH3 is 1. The SMILES string of the molecule is COc1ccc(-c2c(S(=O)(=O)C3=CC(F)=CCC(F)=C3)cnc3cc(F)ccc23)cc1. The average Bonchev–Trinajstić information content (AvgIpc) is 2.93. The third-order valence-electron chi connectivity index (χ3n) is 4.85. The van der Waals surface area contributed by atoms with Crippen molar-refractivity contribution in [1.82, 2.24) is 4.98 Å². The molecule has 0 radical (unpaired) electrons. The quantitative estimate of drug-likeness (QED) is 0.510. The molecule has 0 spiro atoms. The molecular formula is C23H16F3NO3S. The molecule has 158 valence electrons. The van der Waals surface area contributed by atoms with Gasteiger partial charge < -0.3 is 4.74 Å². The van der Waals surface area contributed by atoms with Gasteiger partial charge in [-0.05, 0) is 48.1 Å². The van der Waals surface area contributed by atoms with Crippen LogP contribution in [0.5, 0.6) is 5.75 Å². The molecule has 0 bridgehead atoms. The second-order valence-electron chi connectivity index (χ2n) is 6.82. The van der Waals surface area contributed by atoms with E-state index in [1.807, 2.05) is 0 Å². The number of pyridine rings is 1. The third kappa shape index (κ3) is 3.98. The van der Waals surface area contributed by atoms with Crippen molar-refractivity contribution < 1.29 is 26.3 Å².